The fraction of sp³-hybridized carbons (Fsp3) is 0.143. The van der Waals surface area contributed by atoms with Crippen LogP contribution >= 0.6 is 46.1 Å². The number of nitrogens with zero attached hydrogens (tertiary/aromatic N) is 2. The van der Waals surface area contributed by atoms with E-state index in [0.717, 1.165) is 28.8 Å². The van der Waals surface area contributed by atoms with Gasteiger partial charge >= 0.3 is 0 Å². The Kier molecular flexibility index (Phi) is 4.22. The summed E-state index contributed by atoms with van der Waals surface area (Å²) < 4.78 is 1.19. The molecule has 2 heterocycles. The first-order chi connectivity index (χ1) is 10.1. The molecule has 0 spiro atoms. The molecule has 0 aliphatic rings. The summed E-state index contributed by atoms with van der Waals surface area (Å²) >= 11 is 19.6. The number of nitrogens with one attached hydrogen (secondary N) is 1. The van der Waals surface area contributed by atoms with E-state index in [-0.39, 0.29) is 0 Å². The van der Waals surface area contributed by atoms with Crippen LogP contribution in [-0.2, 0) is 0 Å². The molecule has 108 valence electrons. The Bertz CT molecular complexity index is 817. The van der Waals surface area contributed by atoms with Gasteiger partial charge in [0.15, 0.2) is 5.82 Å². The lowest BCUT2D eigenvalue weighted by atomic mass is 10.2. The van der Waals surface area contributed by atoms with E-state index in [1.807, 2.05) is 19.1 Å². The number of halogens is 3. The second kappa shape index (κ2) is 5.97. The van der Waals surface area contributed by atoms with Crippen molar-refractivity contribution in [3.63, 3.8) is 0 Å². The van der Waals surface area contributed by atoms with Crippen LogP contribution in [0.4, 0.5) is 5.82 Å². The van der Waals surface area contributed by atoms with Gasteiger partial charge in [0.25, 0.3) is 0 Å². The molecule has 2 aromatic heterocycles. The highest BCUT2D eigenvalue weighted by Gasteiger charge is 2.14. The van der Waals surface area contributed by atoms with Crippen LogP contribution < -0.4 is 5.32 Å². The molecule has 0 aliphatic carbocycles. The third-order valence-corrected chi connectivity index (χ3v) is 4.62. The van der Waals surface area contributed by atoms with Crippen LogP contribution in [0.5, 0.6) is 0 Å². The number of hydrogen-bond donors (Lipinski definition) is 1. The Labute approximate surface area is 140 Å². The largest absolute Gasteiger partial charge is 0.370 e. The van der Waals surface area contributed by atoms with Gasteiger partial charge in [0, 0.05) is 17.0 Å². The SMILES string of the molecule is CCNc1nc(-c2cc(Cl)sc2Cl)nc2ccc(Cl)cc12. The van der Waals surface area contributed by atoms with Crippen molar-refractivity contribution in [2.24, 2.45) is 0 Å². The molecule has 21 heavy (non-hydrogen) atoms. The van der Waals surface area contributed by atoms with Crippen molar-refractivity contribution in [2.45, 2.75) is 6.92 Å². The molecule has 1 aromatic carbocycles. The van der Waals surface area contributed by atoms with Gasteiger partial charge in [-0.2, -0.15) is 0 Å². The molecule has 0 atom stereocenters. The van der Waals surface area contributed by atoms with E-state index in [1.165, 1.54) is 11.3 Å². The molecule has 3 aromatic rings. The lowest BCUT2D eigenvalue weighted by molar-refractivity contribution is 1.15. The summed E-state index contributed by atoms with van der Waals surface area (Å²) in [5.74, 6) is 1.28. The maximum absolute atomic E-state index is 6.20. The van der Waals surface area contributed by atoms with E-state index in [9.17, 15) is 0 Å². The van der Waals surface area contributed by atoms with Crippen LogP contribution in [0.3, 0.4) is 0 Å². The Morgan fingerprint density at radius 3 is 2.62 bits per heavy atom. The zero-order valence-corrected chi connectivity index (χ0v) is 14.0. The maximum Gasteiger partial charge on any atom is 0.164 e. The molecule has 3 nitrogen and oxygen atoms in total. The van der Waals surface area contributed by atoms with E-state index in [1.54, 1.807) is 12.1 Å². The first-order valence-electron chi connectivity index (χ1n) is 6.25. The fourth-order valence-corrected chi connectivity index (χ4v) is 3.64. The molecule has 0 radical (unpaired) electrons. The van der Waals surface area contributed by atoms with E-state index in [0.29, 0.717) is 19.5 Å². The van der Waals surface area contributed by atoms with Crippen molar-refractivity contribution < 1.29 is 0 Å². The van der Waals surface area contributed by atoms with Crippen molar-refractivity contribution in [2.75, 3.05) is 11.9 Å². The maximum atomic E-state index is 6.20. The third kappa shape index (κ3) is 2.94. The van der Waals surface area contributed by atoms with Crippen LogP contribution in [-0.4, -0.2) is 16.5 Å². The smallest absolute Gasteiger partial charge is 0.164 e. The van der Waals surface area contributed by atoms with Gasteiger partial charge in [-0.25, -0.2) is 9.97 Å². The van der Waals surface area contributed by atoms with Crippen molar-refractivity contribution in [3.05, 3.63) is 38.0 Å². The van der Waals surface area contributed by atoms with Crippen LogP contribution in [0.25, 0.3) is 22.3 Å². The zero-order valence-electron chi connectivity index (χ0n) is 11.0. The van der Waals surface area contributed by atoms with Crippen molar-refractivity contribution in [1.29, 1.82) is 0 Å². The molecule has 0 saturated carbocycles. The van der Waals surface area contributed by atoms with Gasteiger partial charge in [-0.15, -0.1) is 11.3 Å². The number of hydrogen-bond acceptors (Lipinski definition) is 4. The monoisotopic (exact) mass is 357 g/mol. The van der Waals surface area contributed by atoms with Crippen molar-refractivity contribution >= 4 is 62.9 Å². The van der Waals surface area contributed by atoms with E-state index >= 15 is 0 Å². The summed E-state index contributed by atoms with van der Waals surface area (Å²) in [6, 6.07) is 7.30. The Hall–Kier alpha value is -1.07. The predicted molar refractivity (Wildman–Crippen MR) is 92.0 cm³/mol. The molecule has 0 saturated heterocycles. The number of thiophene rings is 1. The minimum atomic E-state index is 0.550. The second-order valence-electron chi connectivity index (χ2n) is 4.33. The van der Waals surface area contributed by atoms with Crippen molar-refractivity contribution in [3.8, 4) is 11.4 Å². The first kappa shape index (κ1) is 14.9. The van der Waals surface area contributed by atoms with Crippen LogP contribution in [0.2, 0.25) is 13.7 Å². The quantitative estimate of drug-likeness (QED) is 0.647. The standard InChI is InChI=1S/C14H10Cl3N3S/c1-2-18-13-8-5-7(15)3-4-10(8)19-14(20-13)9-6-11(16)21-12(9)17/h3-6H,2H2,1H3,(H,18,19,20). The first-order valence-corrected chi connectivity index (χ1v) is 8.20. The predicted octanol–water partition coefficient (Wildman–Crippen LogP) is 5.75. The Morgan fingerprint density at radius 1 is 1.14 bits per heavy atom. The molecule has 0 unspecified atom stereocenters. The number of benzene rings is 1. The van der Waals surface area contributed by atoms with Crippen LogP contribution in [0.1, 0.15) is 6.92 Å². The Morgan fingerprint density at radius 2 is 1.95 bits per heavy atom. The Balaban J connectivity index is 2.25. The fourth-order valence-electron chi connectivity index (χ4n) is 2.02. The molecule has 0 fully saturated rings. The van der Waals surface area contributed by atoms with Crippen LogP contribution in [0, 0.1) is 0 Å². The molecule has 0 aliphatic heterocycles. The number of aromatic nitrogens is 2. The van der Waals surface area contributed by atoms with E-state index in [2.05, 4.69) is 15.3 Å². The van der Waals surface area contributed by atoms with Gasteiger partial charge in [0.05, 0.1) is 15.4 Å². The summed E-state index contributed by atoms with van der Waals surface area (Å²) in [6.45, 7) is 2.75. The third-order valence-electron chi connectivity index (χ3n) is 2.90. The number of fused-ring (bicyclic) bond motifs is 1. The molecular weight excluding hydrogens is 349 g/mol. The number of anilines is 1. The average molecular weight is 359 g/mol. The minimum Gasteiger partial charge on any atom is -0.370 e. The highest BCUT2D eigenvalue weighted by molar-refractivity contribution is 7.20. The molecule has 3 rings (SSSR count). The van der Waals surface area contributed by atoms with Gasteiger partial charge in [-0.3, -0.25) is 0 Å². The highest BCUT2D eigenvalue weighted by atomic mass is 35.5. The molecule has 1 N–H and O–H groups in total. The lowest BCUT2D eigenvalue weighted by Gasteiger charge is -2.09. The van der Waals surface area contributed by atoms with E-state index < -0.39 is 0 Å². The zero-order chi connectivity index (χ0) is 15.0. The molecule has 0 amide bonds. The van der Waals surface area contributed by atoms with Crippen molar-refractivity contribution in [1.82, 2.24) is 9.97 Å². The number of rotatable bonds is 3. The molecule has 0 bridgehead atoms. The normalized spacial score (nSPS) is 11.0. The molecule has 7 heteroatoms. The topological polar surface area (TPSA) is 37.8 Å². The summed E-state index contributed by atoms with van der Waals surface area (Å²) in [7, 11) is 0. The second-order valence-corrected chi connectivity index (χ2v) is 7.05. The van der Waals surface area contributed by atoms with Gasteiger partial charge in [-0.05, 0) is 31.2 Å². The summed E-state index contributed by atoms with van der Waals surface area (Å²) in [4.78, 5) is 9.12. The summed E-state index contributed by atoms with van der Waals surface area (Å²) in [6.07, 6.45) is 0. The van der Waals surface area contributed by atoms with Gasteiger partial charge in [-0.1, -0.05) is 34.8 Å². The van der Waals surface area contributed by atoms with Gasteiger partial charge in [0.2, 0.25) is 0 Å². The summed E-state index contributed by atoms with van der Waals surface area (Å²) in [5, 5.41) is 4.76. The lowest BCUT2D eigenvalue weighted by Crippen LogP contribution is -2.02. The van der Waals surface area contributed by atoms with Gasteiger partial charge < -0.3 is 5.32 Å². The summed E-state index contributed by atoms with van der Waals surface area (Å²) in [5.41, 5.74) is 1.54. The molecular formula is C14H10Cl3N3S. The minimum absolute atomic E-state index is 0.550. The average Bonchev–Trinajstić information content (AvgIpc) is 2.78. The highest BCUT2D eigenvalue weighted by Crippen LogP contribution is 2.38. The van der Waals surface area contributed by atoms with Crippen LogP contribution in [0.15, 0.2) is 24.3 Å². The van der Waals surface area contributed by atoms with Gasteiger partial charge in [0.1, 0.15) is 10.2 Å². The van der Waals surface area contributed by atoms with E-state index in [4.69, 9.17) is 34.8 Å².